The Kier molecular flexibility index (Phi) is 7.01. The Morgan fingerprint density at radius 3 is 2.62 bits per heavy atom. The zero-order valence-corrected chi connectivity index (χ0v) is 18.4. The van der Waals surface area contributed by atoms with Crippen LogP contribution in [0.1, 0.15) is 27.6 Å². The number of nitro benzene ring substituents is 1. The average Bonchev–Trinajstić information content (AvgIpc) is 3.08. The highest BCUT2D eigenvalue weighted by atomic mass is 35.5. The molecule has 1 heterocycles. The number of fused-ring (bicyclic) bond motifs is 1. The first kappa shape index (κ1) is 23.1. The third kappa shape index (κ3) is 4.84. The number of carbonyl (C=O) groups excluding carboxylic acids is 3. The molecule has 2 aromatic carbocycles. The van der Waals surface area contributed by atoms with Gasteiger partial charge >= 0.3 is 11.9 Å². The molecule has 0 saturated carbocycles. The lowest BCUT2D eigenvalue weighted by Crippen LogP contribution is -2.23. The number of nitrogens with zero attached hydrogens (tertiary/aromatic N) is 3. The Bertz CT molecular complexity index is 1310. The Labute approximate surface area is 189 Å². The van der Waals surface area contributed by atoms with Gasteiger partial charge in [0.2, 0.25) is 0 Å². The molecule has 0 aliphatic rings. The van der Waals surface area contributed by atoms with Crippen molar-refractivity contribution in [3.63, 3.8) is 0 Å². The van der Waals surface area contributed by atoms with Crippen LogP contribution in [0.25, 0.3) is 10.2 Å². The number of rotatable bonds is 6. The van der Waals surface area contributed by atoms with Crippen LogP contribution in [0.15, 0.2) is 41.4 Å². The van der Waals surface area contributed by atoms with Gasteiger partial charge in [-0.15, -0.1) is 0 Å². The number of esters is 2. The van der Waals surface area contributed by atoms with E-state index in [0.717, 1.165) is 23.5 Å². The Morgan fingerprint density at radius 2 is 1.97 bits per heavy atom. The first-order chi connectivity index (χ1) is 15.2. The van der Waals surface area contributed by atoms with Crippen molar-refractivity contribution in [3.05, 3.63) is 67.5 Å². The van der Waals surface area contributed by atoms with Gasteiger partial charge in [-0.25, -0.2) is 4.79 Å². The van der Waals surface area contributed by atoms with Crippen LogP contribution in [-0.2, 0) is 20.8 Å². The van der Waals surface area contributed by atoms with Crippen molar-refractivity contribution in [2.24, 2.45) is 4.99 Å². The zero-order valence-electron chi connectivity index (χ0n) is 16.9. The summed E-state index contributed by atoms with van der Waals surface area (Å²) in [5.41, 5.74) is 0.0443. The maximum atomic E-state index is 12.8. The third-order valence-electron chi connectivity index (χ3n) is 4.28. The molecule has 32 heavy (non-hydrogen) atoms. The molecule has 0 spiro atoms. The molecule has 166 valence electrons. The van der Waals surface area contributed by atoms with Crippen LogP contribution in [0.4, 0.5) is 5.69 Å². The van der Waals surface area contributed by atoms with E-state index in [1.807, 2.05) is 0 Å². The number of hydrogen-bond acceptors (Lipinski definition) is 8. The molecular formula is C20H16ClN3O7S. The second kappa shape index (κ2) is 9.71. The van der Waals surface area contributed by atoms with Crippen LogP contribution in [0.3, 0.4) is 0 Å². The summed E-state index contributed by atoms with van der Waals surface area (Å²) in [5, 5.41) is 11.4. The molecule has 3 aromatic rings. The maximum absolute atomic E-state index is 12.8. The van der Waals surface area contributed by atoms with Gasteiger partial charge in [0.15, 0.2) is 4.80 Å². The largest absolute Gasteiger partial charge is 0.465 e. The number of aromatic nitrogens is 1. The number of amides is 1. The van der Waals surface area contributed by atoms with Gasteiger partial charge in [-0.05, 0) is 37.3 Å². The predicted octanol–water partition coefficient (Wildman–Crippen LogP) is 3.36. The van der Waals surface area contributed by atoms with E-state index >= 15 is 0 Å². The highest BCUT2D eigenvalue weighted by molar-refractivity contribution is 7.16. The third-order valence-corrected chi connectivity index (χ3v) is 5.56. The molecule has 0 aliphatic heterocycles. The summed E-state index contributed by atoms with van der Waals surface area (Å²) in [6.45, 7) is 1.56. The first-order valence-electron chi connectivity index (χ1n) is 9.15. The number of carbonyl (C=O) groups is 3. The normalized spacial score (nSPS) is 11.4. The number of benzene rings is 2. The molecule has 10 nitrogen and oxygen atoms in total. The molecule has 0 fully saturated rings. The number of nitro groups is 1. The molecule has 0 radical (unpaired) electrons. The van der Waals surface area contributed by atoms with Crippen molar-refractivity contribution in [1.82, 2.24) is 4.57 Å². The fraction of sp³-hybridized carbons (Fsp3) is 0.200. The molecule has 0 bridgehead atoms. The van der Waals surface area contributed by atoms with E-state index in [-0.39, 0.29) is 34.1 Å². The van der Waals surface area contributed by atoms with Gasteiger partial charge < -0.3 is 14.0 Å². The SMILES string of the molecule is CCOC(=O)Cn1c(=NC(=O)c2cc(Cl)ccc2[N+](=O)[O-])sc2cc(C(=O)OC)ccc21. The molecule has 0 saturated heterocycles. The summed E-state index contributed by atoms with van der Waals surface area (Å²) in [5.74, 6) is -2.02. The molecule has 1 amide bonds. The summed E-state index contributed by atoms with van der Waals surface area (Å²) in [7, 11) is 1.25. The minimum absolute atomic E-state index is 0.0920. The highest BCUT2D eigenvalue weighted by Gasteiger charge is 2.21. The number of methoxy groups -OCH3 is 1. The Balaban J connectivity index is 2.19. The number of halogens is 1. The van der Waals surface area contributed by atoms with Gasteiger partial charge in [-0.2, -0.15) is 4.99 Å². The topological polar surface area (TPSA) is 130 Å². The van der Waals surface area contributed by atoms with Crippen LogP contribution >= 0.6 is 22.9 Å². The highest BCUT2D eigenvalue weighted by Crippen LogP contribution is 2.24. The summed E-state index contributed by atoms with van der Waals surface area (Å²) in [6, 6.07) is 8.21. The molecule has 0 unspecified atom stereocenters. The van der Waals surface area contributed by atoms with Crippen molar-refractivity contribution < 1.29 is 28.8 Å². The minimum atomic E-state index is -0.906. The van der Waals surface area contributed by atoms with Crippen LogP contribution in [0.2, 0.25) is 5.02 Å². The summed E-state index contributed by atoms with van der Waals surface area (Å²) in [6.07, 6.45) is 0. The smallest absolute Gasteiger partial charge is 0.337 e. The summed E-state index contributed by atoms with van der Waals surface area (Å²) in [4.78, 5) is 51.5. The average molecular weight is 478 g/mol. The van der Waals surface area contributed by atoms with Gasteiger partial charge in [-0.1, -0.05) is 22.9 Å². The lowest BCUT2D eigenvalue weighted by molar-refractivity contribution is -0.385. The molecule has 0 aliphatic carbocycles. The van der Waals surface area contributed by atoms with Gasteiger partial charge in [0.1, 0.15) is 12.1 Å². The van der Waals surface area contributed by atoms with E-state index in [1.54, 1.807) is 19.1 Å². The van der Waals surface area contributed by atoms with Crippen LogP contribution < -0.4 is 4.80 Å². The lowest BCUT2D eigenvalue weighted by Gasteiger charge is -2.06. The second-order valence-electron chi connectivity index (χ2n) is 6.29. The van der Waals surface area contributed by atoms with E-state index in [2.05, 4.69) is 4.99 Å². The fourth-order valence-corrected chi connectivity index (χ4v) is 4.12. The number of ether oxygens (including phenoxy) is 2. The van der Waals surface area contributed by atoms with E-state index in [9.17, 15) is 24.5 Å². The minimum Gasteiger partial charge on any atom is -0.465 e. The van der Waals surface area contributed by atoms with Crippen LogP contribution in [0, 0.1) is 10.1 Å². The Hall–Kier alpha value is -3.57. The summed E-state index contributed by atoms with van der Waals surface area (Å²) >= 11 is 6.93. The predicted molar refractivity (Wildman–Crippen MR) is 116 cm³/mol. The van der Waals surface area contributed by atoms with Crippen molar-refractivity contribution >= 4 is 56.7 Å². The summed E-state index contributed by atoms with van der Waals surface area (Å²) < 4.78 is 11.7. The van der Waals surface area contributed by atoms with Crippen LogP contribution in [-0.4, -0.2) is 41.1 Å². The Morgan fingerprint density at radius 1 is 1.22 bits per heavy atom. The monoisotopic (exact) mass is 477 g/mol. The van der Waals surface area contributed by atoms with Crippen molar-refractivity contribution in [3.8, 4) is 0 Å². The van der Waals surface area contributed by atoms with Crippen LogP contribution in [0.5, 0.6) is 0 Å². The molecule has 1 aromatic heterocycles. The van der Waals surface area contributed by atoms with E-state index in [0.29, 0.717) is 10.2 Å². The lowest BCUT2D eigenvalue weighted by atomic mass is 10.2. The van der Waals surface area contributed by atoms with E-state index in [1.165, 1.54) is 23.8 Å². The quantitative estimate of drug-likeness (QED) is 0.302. The van der Waals surface area contributed by atoms with E-state index < -0.39 is 28.5 Å². The molecule has 3 rings (SSSR count). The molecule has 12 heteroatoms. The fourth-order valence-electron chi connectivity index (χ4n) is 2.88. The van der Waals surface area contributed by atoms with E-state index in [4.69, 9.17) is 21.1 Å². The maximum Gasteiger partial charge on any atom is 0.337 e. The van der Waals surface area contributed by atoms with Gasteiger partial charge in [0.05, 0.1) is 34.4 Å². The number of thiazole rings is 1. The standard InChI is InChI=1S/C20H16ClN3O7S/c1-3-31-17(25)10-23-15-6-4-11(19(27)30-2)8-16(15)32-20(23)22-18(26)13-9-12(21)5-7-14(13)24(28)29/h4-9H,3,10H2,1-2H3. The molecule has 0 N–H and O–H groups in total. The van der Waals surface area contributed by atoms with Gasteiger partial charge in [0, 0.05) is 11.1 Å². The van der Waals surface area contributed by atoms with Crippen molar-refractivity contribution in [2.75, 3.05) is 13.7 Å². The second-order valence-corrected chi connectivity index (χ2v) is 7.73. The van der Waals surface area contributed by atoms with Crippen molar-refractivity contribution in [1.29, 1.82) is 0 Å². The molecule has 0 atom stereocenters. The zero-order chi connectivity index (χ0) is 23.4. The van der Waals surface area contributed by atoms with Gasteiger partial charge in [-0.3, -0.25) is 19.7 Å². The molecular weight excluding hydrogens is 462 g/mol. The van der Waals surface area contributed by atoms with Gasteiger partial charge in [0.25, 0.3) is 11.6 Å². The number of hydrogen-bond donors (Lipinski definition) is 0. The first-order valence-corrected chi connectivity index (χ1v) is 10.3. The van der Waals surface area contributed by atoms with Crippen molar-refractivity contribution in [2.45, 2.75) is 13.5 Å².